The van der Waals surface area contributed by atoms with Crippen molar-refractivity contribution >= 4 is 62.3 Å². The smallest absolute Gasteiger partial charge is 0.264 e. The van der Waals surface area contributed by atoms with Crippen LogP contribution in [-0.4, -0.2) is 5.24 Å². The fourth-order valence-corrected chi connectivity index (χ4v) is 2.45. The zero-order valence-electron chi connectivity index (χ0n) is 7.73. The van der Waals surface area contributed by atoms with Crippen molar-refractivity contribution in [2.24, 2.45) is 0 Å². The molecule has 2 rings (SSSR count). The van der Waals surface area contributed by atoms with E-state index in [-0.39, 0.29) is 10.1 Å². The molecule has 1 nitrogen and oxygen atoms in total. The lowest BCUT2D eigenvalue weighted by Gasteiger charge is -2.02. The van der Waals surface area contributed by atoms with Gasteiger partial charge in [-0.1, -0.05) is 59.1 Å². The van der Waals surface area contributed by atoms with Crippen LogP contribution in [0.15, 0.2) is 34.3 Å². The van der Waals surface area contributed by atoms with Gasteiger partial charge in [-0.25, -0.2) is 0 Å². The molecule has 0 saturated heterocycles. The van der Waals surface area contributed by atoms with Crippen LogP contribution in [0.1, 0.15) is 11.1 Å². The van der Waals surface area contributed by atoms with E-state index in [1.807, 2.05) is 6.07 Å². The van der Waals surface area contributed by atoms with Crippen LogP contribution in [0.2, 0.25) is 0 Å². The van der Waals surface area contributed by atoms with E-state index in [1.165, 1.54) is 0 Å². The SMILES string of the molecule is O=C(Cl)/C(Cl)=C1/C(Cl)=C(Cl)c2ccccc21. The predicted octanol–water partition coefficient (Wildman–Crippen LogP) is 4.56. The molecule has 1 aliphatic rings. The zero-order valence-corrected chi connectivity index (χ0v) is 10.8. The van der Waals surface area contributed by atoms with Crippen molar-refractivity contribution in [3.63, 3.8) is 0 Å². The van der Waals surface area contributed by atoms with Crippen LogP contribution >= 0.6 is 46.4 Å². The highest BCUT2D eigenvalue weighted by molar-refractivity contribution is 6.76. The van der Waals surface area contributed by atoms with Gasteiger partial charge in [0.2, 0.25) is 0 Å². The zero-order chi connectivity index (χ0) is 11.9. The largest absolute Gasteiger partial charge is 0.275 e. The number of halogens is 4. The monoisotopic (exact) mass is 292 g/mol. The van der Waals surface area contributed by atoms with Crippen LogP contribution in [0.3, 0.4) is 0 Å². The van der Waals surface area contributed by atoms with Crippen molar-refractivity contribution < 1.29 is 4.79 Å². The highest BCUT2D eigenvalue weighted by atomic mass is 35.5. The van der Waals surface area contributed by atoms with E-state index in [4.69, 9.17) is 46.4 Å². The minimum absolute atomic E-state index is 0.116. The molecule has 5 heteroatoms. The van der Waals surface area contributed by atoms with Crippen molar-refractivity contribution in [3.8, 4) is 0 Å². The van der Waals surface area contributed by atoms with Gasteiger partial charge in [0.15, 0.2) is 0 Å². The molecule has 0 aromatic heterocycles. The standard InChI is InChI=1S/C11H4Cl4O/c12-8-6-4-2-1-3-5(6)7(9(8)13)10(14)11(15)16/h1-4H/b10-7-. The Morgan fingerprint density at radius 2 is 1.50 bits per heavy atom. The summed E-state index contributed by atoms with van der Waals surface area (Å²) in [4.78, 5) is 11.0. The molecule has 82 valence electrons. The van der Waals surface area contributed by atoms with E-state index in [9.17, 15) is 4.79 Å². The highest BCUT2D eigenvalue weighted by Gasteiger charge is 2.27. The molecule has 0 aliphatic heterocycles. The Balaban J connectivity index is 2.76. The molecule has 0 unspecified atom stereocenters. The summed E-state index contributed by atoms with van der Waals surface area (Å²) in [6.07, 6.45) is 0. The lowest BCUT2D eigenvalue weighted by Crippen LogP contribution is -1.91. The minimum atomic E-state index is -0.754. The first-order chi connectivity index (χ1) is 7.54. The average molecular weight is 294 g/mol. The molecule has 0 amide bonds. The van der Waals surface area contributed by atoms with E-state index in [0.29, 0.717) is 10.6 Å². The average Bonchev–Trinajstić information content (AvgIpc) is 2.52. The van der Waals surface area contributed by atoms with E-state index >= 15 is 0 Å². The van der Waals surface area contributed by atoms with Crippen LogP contribution in [0, 0.1) is 0 Å². The van der Waals surface area contributed by atoms with Gasteiger partial charge in [0.25, 0.3) is 5.24 Å². The third kappa shape index (κ3) is 1.78. The van der Waals surface area contributed by atoms with E-state index in [2.05, 4.69) is 0 Å². The molecule has 0 heterocycles. The molecular formula is C11H4Cl4O. The van der Waals surface area contributed by atoms with Gasteiger partial charge in [-0.15, -0.1) is 0 Å². The van der Waals surface area contributed by atoms with Crippen molar-refractivity contribution in [1.82, 2.24) is 0 Å². The fourth-order valence-electron chi connectivity index (χ4n) is 1.55. The molecule has 16 heavy (non-hydrogen) atoms. The Hall–Kier alpha value is -0.470. The molecule has 0 atom stereocenters. The number of hydrogen-bond donors (Lipinski definition) is 0. The third-order valence-electron chi connectivity index (χ3n) is 2.24. The van der Waals surface area contributed by atoms with Gasteiger partial charge in [-0.05, 0) is 17.2 Å². The van der Waals surface area contributed by atoms with Crippen LogP contribution in [-0.2, 0) is 4.79 Å². The number of carbonyl (C=O) groups excluding carboxylic acids is 1. The Labute approximate surface area is 112 Å². The number of rotatable bonds is 1. The summed E-state index contributed by atoms with van der Waals surface area (Å²) in [7, 11) is 0. The van der Waals surface area contributed by atoms with Crippen LogP contribution in [0.25, 0.3) is 10.6 Å². The predicted molar refractivity (Wildman–Crippen MR) is 68.7 cm³/mol. The van der Waals surface area contributed by atoms with Crippen LogP contribution in [0.4, 0.5) is 0 Å². The maximum absolute atomic E-state index is 11.0. The summed E-state index contributed by atoms with van der Waals surface area (Å²) in [6.45, 7) is 0. The van der Waals surface area contributed by atoms with Gasteiger partial charge in [0.1, 0.15) is 5.03 Å². The first-order valence-electron chi connectivity index (χ1n) is 4.29. The normalized spacial score (nSPS) is 17.5. The minimum Gasteiger partial charge on any atom is -0.275 e. The van der Waals surface area contributed by atoms with Crippen molar-refractivity contribution in [2.45, 2.75) is 0 Å². The molecule has 1 aliphatic carbocycles. The Morgan fingerprint density at radius 3 is 2.06 bits per heavy atom. The summed E-state index contributed by atoms with van der Waals surface area (Å²) in [6, 6.07) is 7.21. The van der Waals surface area contributed by atoms with Crippen LogP contribution < -0.4 is 0 Å². The molecule has 1 aromatic rings. The molecule has 0 fully saturated rings. The highest BCUT2D eigenvalue weighted by Crippen LogP contribution is 2.47. The summed E-state index contributed by atoms with van der Waals surface area (Å²) in [5.41, 5.74) is 1.86. The summed E-state index contributed by atoms with van der Waals surface area (Å²) in [5.74, 6) is 0. The Kier molecular flexibility index (Phi) is 3.32. The van der Waals surface area contributed by atoms with Crippen molar-refractivity contribution in [3.05, 3.63) is 45.5 Å². The van der Waals surface area contributed by atoms with Crippen LogP contribution in [0.5, 0.6) is 0 Å². The van der Waals surface area contributed by atoms with Crippen molar-refractivity contribution in [1.29, 1.82) is 0 Å². The van der Waals surface area contributed by atoms with Gasteiger partial charge in [0.05, 0.1) is 10.1 Å². The Morgan fingerprint density at radius 1 is 0.938 bits per heavy atom. The molecule has 0 bridgehead atoms. The Bertz CT molecular complexity index is 543. The van der Waals surface area contributed by atoms with Gasteiger partial charge < -0.3 is 0 Å². The van der Waals surface area contributed by atoms with Gasteiger partial charge in [0, 0.05) is 11.1 Å². The second-order valence-electron chi connectivity index (χ2n) is 3.14. The van der Waals surface area contributed by atoms with Gasteiger partial charge >= 0.3 is 0 Å². The first kappa shape index (κ1) is 12.0. The fraction of sp³-hybridized carbons (Fsp3) is 0. The maximum Gasteiger partial charge on any atom is 0.264 e. The lowest BCUT2D eigenvalue weighted by atomic mass is 10.1. The number of benzene rings is 1. The quantitative estimate of drug-likeness (QED) is 0.548. The first-order valence-corrected chi connectivity index (χ1v) is 5.80. The third-order valence-corrected chi connectivity index (χ3v) is 3.75. The van der Waals surface area contributed by atoms with Crippen molar-refractivity contribution in [2.75, 3.05) is 0 Å². The summed E-state index contributed by atoms with van der Waals surface area (Å²) >= 11 is 23.2. The molecule has 0 saturated carbocycles. The lowest BCUT2D eigenvalue weighted by molar-refractivity contribution is -0.108. The second kappa shape index (κ2) is 4.42. The van der Waals surface area contributed by atoms with E-state index in [0.717, 1.165) is 11.1 Å². The van der Waals surface area contributed by atoms with E-state index < -0.39 is 5.24 Å². The van der Waals surface area contributed by atoms with Gasteiger partial charge in [-0.2, -0.15) is 0 Å². The maximum atomic E-state index is 11.0. The number of allylic oxidation sites excluding steroid dienone is 3. The number of fused-ring (bicyclic) bond motifs is 1. The topological polar surface area (TPSA) is 17.1 Å². The number of hydrogen-bond acceptors (Lipinski definition) is 1. The molecule has 1 aromatic carbocycles. The molecular weight excluding hydrogens is 290 g/mol. The molecule has 0 spiro atoms. The van der Waals surface area contributed by atoms with E-state index in [1.54, 1.807) is 18.2 Å². The molecule has 0 N–H and O–H groups in total. The summed E-state index contributed by atoms with van der Waals surface area (Å²) in [5, 5.41) is -0.240. The molecule has 0 radical (unpaired) electrons. The number of carbonyl (C=O) groups is 1. The summed E-state index contributed by atoms with van der Waals surface area (Å²) < 4.78 is 0. The second-order valence-corrected chi connectivity index (χ2v) is 4.61. The van der Waals surface area contributed by atoms with Gasteiger partial charge in [-0.3, -0.25) is 4.79 Å².